The molecule has 0 heteroatoms. The van der Waals surface area contributed by atoms with Crippen LogP contribution in [0.3, 0.4) is 0 Å². The molecule has 0 unspecified atom stereocenters. The standard InChI is InChI=1S/C30H28/c1-18-6-10-23(22(5)14-18)24-11-7-19(2)15-27(24)30-28-16-20(3)8-12-25(28)26-13-9-21(4)17-29(26)30/h6-17,30H,1-5H3. The van der Waals surface area contributed by atoms with E-state index in [9.17, 15) is 0 Å². The minimum absolute atomic E-state index is 0.269. The van der Waals surface area contributed by atoms with Crippen LogP contribution in [0.15, 0.2) is 72.8 Å². The van der Waals surface area contributed by atoms with Crippen molar-refractivity contribution >= 4 is 0 Å². The summed E-state index contributed by atoms with van der Waals surface area (Å²) in [6.45, 7) is 11.0. The van der Waals surface area contributed by atoms with E-state index < -0.39 is 0 Å². The number of aryl methyl sites for hydroxylation is 5. The van der Waals surface area contributed by atoms with Gasteiger partial charge in [0.25, 0.3) is 0 Å². The molecule has 0 bridgehead atoms. The molecule has 4 aromatic rings. The predicted octanol–water partition coefficient (Wildman–Crippen LogP) is 8.06. The van der Waals surface area contributed by atoms with Gasteiger partial charge in [0.1, 0.15) is 0 Å². The summed E-state index contributed by atoms with van der Waals surface area (Å²) < 4.78 is 0. The molecule has 0 atom stereocenters. The van der Waals surface area contributed by atoms with Gasteiger partial charge in [-0.25, -0.2) is 0 Å². The van der Waals surface area contributed by atoms with Crippen molar-refractivity contribution in [3.8, 4) is 22.3 Å². The van der Waals surface area contributed by atoms with Crippen LogP contribution >= 0.6 is 0 Å². The van der Waals surface area contributed by atoms with Gasteiger partial charge in [-0.15, -0.1) is 0 Å². The van der Waals surface area contributed by atoms with Gasteiger partial charge in [-0.3, -0.25) is 0 Å². The lowest BCUT2D eigenvalue weighted by molar-refractivity contribution is 1.01. The molecule has 0 nitrogen and oxygen atoms in total. The van der Waals surface area contributed by atoms with Crippen LogP contribution in [-0.2, 0) is 0 Å². The van der Waals surface area contributed by atoms with Crippen LogP contribution < -0.4 is 0 Å². The van der Waals surface area contributed by atoms with E-state index in [2.05, 4.69) is 107 Å². The van der Waals surface area contributed by atoms with Gasteiger partial charge < -0.3 is 0 Å². The number of rotatable bonds is 2. The number of benzene rings is 4. The summed E-state index contributed by atoms with van der Waals surface area (Å²) in [5.74, 6) is 0.269. The average Bonchev–Trinajstić information content (AvgIpc) is 3.00. The Balaban J connectivity index is 1.82. The molecule has 30 heavy (non-hydrogen) atoms. The Morgan fingerprint density at radius 3 is 1.13 bits per heavy atom. The summed E-state index contributed by atoms with van der Waals surface area (Å²) in [6.07, 6.45) is 0. The summed E-state index contributed by atoms with van der Waals surface area (Å²) in [5, 5.41) is 0. The fraction of sp³-hybridized carbons (Fsp3) is 0.200. The fourth-order valence-electron chi connectivity index (χ4n) is 5.12. The molecule has 0 aliphatic heterocycles. The van der Waals surface area contributed by atoms with Gasteiger partial charge in [-0.05, 0) is 79.1 Å². The molecule has 0 saturated heterocycles. The highest BCUT2D eigenvalue weighted by atomic mass is 14.3. The molecule has 1 aliphatic carbocycles. The lowest BCUT2D eigenvalue weighted by Gasteiger charge is -2.21. The van der Waals surface area contributed by atoms with Crippen LogP contribution in [0, 0.1) is 34.6 Å². The van der Waals surface area contributed by atoms with E-state index in [1.165, 1.54) is 66.8 Å². The van der Waals surface area contributed by atoms with Crippen LogP contribution in [0.4, 0.5) is 0 Å². The molecule has 5 rings (SSSR count). The molecule has 0 aromatic heterocycles. The topological polar surface area (TPSA) is 0 Å². The van der Waals surface area contributed by atoms with Crippen LogP contribution in [0.25, 0.3) is 22.3 Å². The lowest BCUT2D eigenvalue weighted by atomic mass is 9.82. The van der Waals surface area contributed by atoms with E-state index in [4.69, 9.17) is 0 Å². The SMILES string of the molecule is Cc1ccc(-c2ccc(C)cc2C2c3cc(C)ccc3-c3ccc(C)cc32)c(C)c1. The first kappa shape index (κ1) is 18.9. The maximum absolute atomic E-state index is 2.41. The summed E-state index contributed by atoms with van der Waals surface area (Å²) in [4.78, 5) is 0. The van der Waals surface area contributed by atoms with E-state index in [1.54, 1.807) is 0 Å². The van der Waals surface area contributed by atoms with Crippen molar-refractivity contribution in [3.05, 3.63) is 117 Å². The maximum atomic E-state index is 2.41. The highest BCUT2D eigenvalue weighted by Gasteiger charge is 2.32. The third-order valence-corrected chi connectivity index (χ3v) is 6.52. The Morgan fingerprint density at radius 2 is 0.733 bits per heavy atom. The van der Waals surface area contributed by atoms with Crippen molar-refractivity contribution in [3.63, 3.8) is 0 Å². The van der Waals surface area contributed by atoms with Crippen LogP contribution in [0.2, 0.25) is 0 Å². The minimum Gasteiger partial charge on any atom is -0.0587 e. The second-order valence-electron chi connectivity index (χ2n) is 9.02. The highest BCUT2D eigenvalue weighted by Crippen LogP contribution is 2.50. The molecule has 0 heterocycles. The van der Waals surface area contributed by atoms with Gasteiger partial charge in [0.2, 0.25) is 0 Å². The monoisotopic (exact) mass is 388 g/mol. The Hall–Kier alpha value is -3.12. The molecular formula is C30H28. The zero-order valence-electron chi connectivity index (χ0n) is 18.5. The number of fused-ring (bicyclic) bond motifs is 3. The van der Waals surface area contributed by atoms with Crippen molar-refractivity contribution in [1.82, 2.24) is 0 Å². The fourth-order valence-corrected chi connectivity index (χ4v) is 5.12. The van der Waals surface area contributed by atoms with E-state index in [1.807, 2.05) is 0 Å². The quantitative estimate of drug-likeness (QED) is 0.287. The largest absolute Gasteiger partial charge is 0.0587 e. The van der Waals surface area contributed by atoms with Crippen molar-refractivity contribution in [2.24, 2.45) is 0 Å². The van der Waals surface area contributed by atoms with Gasteiger partial charge in [0, 0.05) is 5.92 Å². The molecule has 0 amide bonds. The molecule has 0 N–H and O–H groups in total. The first-order valence-electron chi connectivity index (χ1n) is 10.8. The second-order valence-corrected chi connectivity index (χ2v) is 9.02. The van der Waals surface area contributed by atoms with E-state index >= 15 is 0 Å². The summed E-state index contributed by atoms with van der Waals surface area (Å²) in [6, 6.07) is 27.7. The Bertz CT molecular complexity index is 1240. The van der Waals surface area contributed by atoms with Crippen LogP contribution in [0.1, 0.15) is 50.4 Å². The van der Waals surface area contributed by atoms with Crippen LogP contribution in [-0.4, -0.2) is 0 Å². The van der Waals surface area contributed by atoms with Gasteiger partial charge >= 0.3 is 0 Å². The third kappa shape index (κ3) is 2.99. The summed E-state index contributed by atoms with van der Waals surface area (Å²) >= 11 is 0. The maximum Gasteiger partial charge on any atom is 0.0358 e. The number of hydrogen-bond donors (Lipinski definition) is 0. The summed E-state index contributed by atoms with van der Waals surface area (Å²) in [7, 11) is 0. The summed E-state index contributed by atoms with van der Waals surface area (Å²) in [5.41, 5.74) is 16.4. The average molecular weight is 389 g/mol. The van der Waals surface area contributed by atoms with Gasteiger partial charge in [0.15, 0.2) is 0 Å². The zero-order valence-corrected chi connectivity index (χ0v) is 18.5. The molecule has 148 valence electrons. The van der Waals surface area contributed by atoms with Crippen molar-refractivity contribution in [2.45, 2.75) is 40.5 Å². The Morgan fingerprint density at radius 1 is 0.400 bits per heavy atom. The molecule has 4 aromatic carbocycles. The van der Waals surface area contributed by atoms with Gasteiger partial charge in [-0.2, -0.15) is 0 Å². The molecule has 0 spiro atoms. The smallest absolute Gasteiger partial charge is 0.0358 e. The highest BCUT2D eigenvalue weighted by molar-refractivity contribution is 5.84. The van der Waals surface area contributed by atoms with Crippen molar-refractivity contribution in [2.75, 3.05) is 0 Å². The first-order chi connectivity index (χ1) is 14.4. The van der Waals surface area contributed by atoms with Gasteiger partial charge in [0.05, 0.1) is 0 Å². The number of hydrogen-bond acceptors (Lipinski definition) is 0. The van der Waals surface area contributed by atoms with Crippen molar-refractivity contribution < 1.29 is 0 Å². The molecule has 0 fully saturated rings. The normalized spacial score (nSPS) is 12.7. The van der Waals surface area contributed by atoms with Crippen molar-refractivity contribution in [1.29, 1.82) is 0 Å². The lowest BCUT2D eigenvalue weighted by Crippen LogP contribution is -2.03. The van der Waals surface area contributed by atoms with Crippen LogP contribution in [0.5, 0.6) is 0 Å². The molecule has 0 saturated carbocycles. The van der Waals surface area contributed by atoms with E-state index in [-0.39, 0.29) is 5.92 Å². The van der Waals surface area contributed by atoms with E-state index in [0.29, 0.717) is 0 Å². The van der Waals surface area contributed by atoms with E-state index in [0.717, 1.165) is 0 Å². The molecule has 1 aliphatic rings. The minimum atomic E-state index is 0.269. The molecule has 0 radical (unpaired) electrons. The van der Waals surface area contributed by atoms with Gasteiger partial charge in [-0.1, -0.05) is 95.1 Å². The third-order valence-electron chi connectivity index (χ3n) is 6.52. The predicted molar refractivity (Wildman–Crippen MR) is 128 cm³/mol. The second kappa shape index (κ2) is 6.99. The zero-order chi connectivity index (χ0) is 21.0. The Kier molecular flexibility index (Phi) is 4.40. The first-order valence-corrected chi connectivity index (χ1v) is 10.8. The molecular weight excluding hydrogens is 360 g/mol. The Labute approximate surface area is 180 Å².